The molecule has 94 valence electrons. The Morgan fingerprint density at radius 3 is 2.53 bits per heavy atom. The largest absolute Gasteiger partial charge is 0.490 e. The minimum Gasteiger partial charge on any atom is -0.490 e. The second kappa shape index (κ2) is 5.52. The maximum Gasteiger partial charge on any atom is 0.124 e. The quantitative estimate of drug-likeness (QED) is 0.843. The molecule has 3 nitrogen and oxygen atoms in total. The molecule has 0 amide bonds. The van der Waals surface area contributed by atoms with Crippen LogP contribution < -0.4 is 4.74 Å². The van der Waals surface area contributed by atoms with Crippen molar-refractivity contribution >= 4 is 0 Å². The predicted octanol–water partition coefficient (Wildman–Crippen LogP) is 2.25. The number of ether oxygens (including phenoxy) is 1. The molecule has 1 saturated carbocycles. The van der Waals surface area contributed by atoms with Crippen molar-refractivity contribution in [3.05, 3.63) is 29.8 Å². The molecule has 2 rings (SSSR count). The molecule has 0 spiro atoms. The molecule has 0 atom stereocenters. The van der Waals surface area contributed by atoms with Crippen molar-refractivity contribution in [2.75, 3.05) is 6.61 Å². The van der Waals surface area contributed by atoms with Crippen LogP contribution in [0.3, 0.4) is 0 Å². The predicted molar refractivity (Wildman–Crippen MR) is 65.9 cm³/mol. The van der Waals surface area contributed by atoms with Gasteiger partial charge in [-0.25, -0.2) is 0 Å². The highest BCUT2D eigenvalue weighted by Crippen LogP contribution is 2.29. The Labute approximate surface area is 102 Å². The van der Waals surface area contributed by atoms with E-state index in [1.54, 1.807) is 0 Å². The summed E-state index contributed by atoms with van der Waals surface area (Å²) >= 11 is 0. The lowest BCUT2D eigenvalue weighted by molar-refractivity contribution is -0.0343. The standard InChI is InChI=1S/C14H20O3/c15-10-12-6-2-3-7-13(12)17-11-14(16)8-4-1-5-9-14/h2-3,6-7,15-16H,1,4-5,8-11H2. The van der Waals surface area contributed by atoms with Crippen LogP contribution in [0, 0.1) is 0 Å². The molecule has 0 saturated heterocycles. The van der Waals surface area contributed by atoms with Gasteiger partial charge in [-0.1, -0.05) is 37.5 Å². The third-order valence-corrected chi connectivity index (χ3v) is 3.42. The van der Waals surface area contributed by atoms with E-state index in [1.807, 2.05) is 24.3 Å². The Bertz CT molecular complexity index is 356. The third kappa shape index (κ3) is 3.20. The number of aliphatic hydroxyl groups is 2. The average molecular weight is 236 g/mol. The summed E-state index contributed by atoms with van der Waals surface area (Å²) in [5.74, 6) is 0.675. The van der Waals surface area contributed by atoms with Crippen molar-refractivity contribution in [1.82, 2.24) is 0 Å². The first-order valence-electron chi connectivity index (χ1n) is 6.27. The minimum atomic E-state index is -0.680. The number of aliphatic hydroxyl groups excluding tert-OH is 1. The van der Waals surface area contributed by atoms with Gasteiger partial charge in [-0.3, -0.25) is 0 Å². The van der Waals surface area contributed by atoms with Crippen LogP contribution in [0.1, 0.15) is 37.7 Å². The normalized spacial score (nSPS) is 18.9. The van der Waals surface area contributed by atoms with Gasteiger partial charge in [-0.05, 0) is 18.9 Å². The fourth-order valence-corrected chi connectivity index (χ4v) is 2.34. The molecular weight excluding hydrogens is 216 g/mol. The zero-order valence-electron chi connectivity index (χ0n) is 10.1. The zero-order chi connectivity index (χ0) is 12.1. The third-order valence-electron chi connectivity index (χ3n) is 3.42. The summed E-state index contributed by atoms with van der Waals surface area (Å²) in [4.78, 5) is 0. The second-order valence-electron chi connectivity index (χ2n) is 4.84. The number of rotatable bonds is 4. The van der Waals surface area contributed by atoms with Crippen LogP contribution in [0.2, 0.25) is 0 Å². The number of hydrogen-bond donors (Lipinski definition) is 2. The van der Waals surface area contributed by atoms with Crippen molar-refractivity contribution in [2.24, 2.45) is 0 Å². The summed E-state index contributed by atoms with van der Waals surface area (Å²) < 4.78 is 5.66. The van der Waals surface area contributed by atoms with Crippen LogP contribution in [-0.2, 0) is 6.61 Å². The van der Waals surface area contributed by atoms with Crippen LogP contribution in [0.4, 0.5) is 0 Å². The Morgan fingerprint density at radius 1 is 1.12 bits per heavy atom. The van der Waals surface area contributed by atoms with Gasteiger partial charge in [0.2, 0.25) is 0 Å². The van der Waals surface area contributed by atoms with E-state index in [0.717, 1.165) is 31.2 Å². The molecule has 1 aromatic rings. The molecule has 17 heavy (non-hydrogen) atoms. The second-order valence-corrected chi connectivity index (χ2v) is 4.84. The van der Waals surface area contributed by atoms with Crippen LogP contribution in [-0.4, -0.2) is 22.4 Å². The minimum absolute atomic E-state index is 0.0331. The van der Waals surface area contributed by atoms with E-state index < -0.39 is 5.60 Å². The summed E-state index contributed by atoms with van der Waals surface area (Å²) in [5, 5.41) is 19.5. The molecule has 0 heterocycles. The van der Waals surface area contributed by atoms with Crippen LogP contribution in [0.25, 0.3) is 0 Å². The summed E-state index contributed by atoms with van der Waals surface area (Å²) in [6, 6.07) is 7.41. The topological polar surface area (TPSA) is 49.7 Å². The molecule has 0 bridgehead atoms. The van der Waals surface area contributed by atoms with Gasteiger partial charge >= 0.3 is 0 Å². The van der Waals surface area contributed by atoms with Gasteiger partial charge in [0.25, 0.3) is 0 Å². The van der Waals surface area contributed by atoms with Gasteiger partial charge in [0.05, 0.1) is 12.2 Å². The van der Waals surface area contributed by atoms with E-state index in [0.29, 0.717) is 12.4 Å². The van der Waals surface area contributed by atoms with E-state index in [9.17, 15) is 10.2 Å². The van der Waals surface area contributed by atoms with Crippen LogP contribution >= 0.6 is 0 Å². The number of hydrogen-bond acceptors (Lipinski definition) is 3. The molecule has 3 heteroatoms. The van der Waals surface area contributed by atoms with Crippen molar-refractivity contribution in [2.45, 2.75) is 44.3 Å². The van der Waals surface area contributed by atoms with Gasteiger partial charge in [0, 0.05) is 5.56 Å². The van der Waals surface area contributed by atoms with Gasteiger partial charge < -0.3 is 14.9 Å². The van der Waals surface area contributed by atoms with Gasteiger partial charge in [-0.15, -0.1) is 0 Å². The summed E-state index contributed by atoms with van der Waals surface area (Å²) in [6.07, 6.45) is 4.97. The summed E-state index contributed by atoms with van der Waals surface area (Å²) in [7, 11) is 0. The van der Waals surface area contributed by atoms with Crippen molar-refractivity contribution in [3.63, 3.8) is 0 Å². The molecular formula is C14H20O3. The lowest BCUT2D eigenvalue weighted by atomic mass is 9.85. The molecule has 1 aromatic carbocycles. The summed E-state index contributed by atoms with van der Waals surface area (Å²) in [6.45, 7) is 0.290. The fourth-order valence-electron chi connectivity index (χ4n) is 2.34. The van der Waals surface area contributed by atoms with Gasteiger partial charge in [-0.2, -0.15) is 0 Å². The van der Waals surface area contributed by atoms with Crippen LogP contribution in [0.15, 0.2) is 24.3 Å². The first kappa shape index (κ1) is 12.4. The van der Waals surface area contributed by atoms with Gasteiger partial charge in [0.1, 0.15) is 12.4 Å². The smallest absolute Gasteiger partial charge is 0.124 e. The SMILES string of the molecule is OCc1ccccc1OCC1(O)CCCCC1. The molecule has 1 aliphatic rings. The number of benzene rings is 1. The first-order chi connectivity index (χ1) is 8.23. The highest BCUT2D eigenvalue weighted by molar-refractivity contribution is 5.32. The molecule has 1 fully saturated rings. The Balaban J connectivity index is 1.96. The fraction of sp³-hybridized carbons (Fsp3) is 0.571. The number of para-hydroxylation sites is 1. The Kier molecular flexibility index (Phi) is 4.02. The lowest BCUT2D eigenvalue weighted by Crippen LogP contribution is -2.38. The maximum atomic E-state index is 10.3. The molecule has 1 aliphatic carbocycles. The van der Waals surface area contributed by atoms with E-state index >= 15 is 0 Å². The molecule has 0 unspecified atom stereocenters. The average Bonchev–Trinajstić information content (AvgIpc) is 2.38. The van der Waals surface area contributed by atoms with Crippen molar-refractivity contribution in [3.8, 4) is 5.75 Å². The van der Waals surface area contributed by atoms with E-state index in [-0.39, 0.29) is 6.61 Å². The van der Waals surface area contributed by atoms with Crippen molar-refractivity contribution < 1.29 is 14.9 Å². The molecule has 0 aliphatic heterocycles. The highest BCUT2D eigenvalue weighted by Gasteiger charge is 2.30. The molecule has 0 radical (unpaired) electrons. The molecule has 0 aromatic heterocycles. The molecule has 2 N–H and O–H groups in total. The van der Waals surface area contributed by atoms with E-state index in [1.165, 1.54) is 6.42 Å². The van der Waals surface area contributed by atoms with Crippen LogP contribution in [0.5, 0.6) is 5.75 Å². The van der Waals surface area contributed by atoms with Gasteiger partial charge in [0.15, 0.2) is 0 Å². The lowest BCUT2D eigenvalue weighted by Gasteiger charge is -2.31. The monoisotopic (exact) mass is 236 g/mol. The van der Waals surface area contributed by atoms with Crippen molar-refractivity contribution in [1.29, 1.82) is 0 Å². The first-order valence-corrected chi connectivity index (χ1v) is 6.27. The maximum absolute atomic E-state index is 10.3. The van der Waals surface area contributed by atoms with E-state index in [4.69, 9.17) is 4.74 Å². The summed E-state index contributed by atoms with van der Waals surface area (Å²) in [5.41, 5.74) is 0.0905. The zero-order valence-corrected chi connectivity index (χ0v) is 10.1. The van der Waals surface area contributed by atoms with E-state index in [2.05, 4.69) is 0 Å². The highest BCUT2D eigenvalue weighted by atomic mass is 16.5. The Hall–Kier alpha value is -1.06. The Morgan fingerprint density at radius 2 is 1.82 bits per heavy atom.